The fourth-order valence-corrected chi connectivity index (χ4v) is 3.28. The van der Waals surface area contributed by atoms with E-state index in [9.17, 15) is 0 Å². The van der Waals surface area contributed by atoms with Crippen LogP contribution >= 0.6 is 11.6 Å². The number of nitrogens with zero attached hydrogens (tertiary/aromatic N) is 2. The minimum atomic E-state index is 0.198. The third-order valence-corrected chi connectivity index (χ3v) is 4.95. The van der Waals surface area contributed by atoms with Crippen LogP contribution in [0.25, 0.3) is 0 Å². The summed E-state index contributed by atoms with van der Waals surface area (Å²) in [5, 5.41) is 7.47. The van der Waals surface area contributed by atoms with Gasteiger partial charge in [-0.2, -0.15) is 0 Å². The lowest BCUT2D eigenvalue weighted by atomic mass is 10.0. The molecule has 7 nitrogen and oxygen atoms in total. The summed E-state index contributed by atoms with van der Waals surface area (Å²) in [5.74, 6) is 0.830. The summed E-state index contributed by atoms with van der Waals surface area (Å²) in [6.45, 7) is 9.67. The first kappa shape index (κ1) is 23.9. The van der Waals surface area contributed by atoms with Crippen molar-refractivity contribution in [3.8, 4) is 0 Å². The first-order valence-corrected chi connectivity index (χ1v) is 10.8. The maximum absolute atomic E-state index is 6.08. The highest BCUT2D eigenvalue weighted by Crippen LogP contribution is 2.24. The average Bonchev–Trinajstić information content (AvgIpc) is 2.75. The van der Waals surface area contributed by atoms with Crippen molar-refractivity contribution in [2.24, 2.45) is 4.99 Å². The van der Waals surface area contributed by atoms with Crippen LogP contribution in [0.15, 0.2) is 29.3 Å². The Morgan fingerprint density at radius 1 is 1.17 bits per heavy atom. The van der Waals surface area contributed by atoms with Gasteiger partial charge in [-0.05, 0) is 31.0 Å². The highest BCUT2D eigenvalue weighted by Gasteiger charge is 2.22. The van der Waals surface area contributed by atoms with E-state index in [-0.39, 0.29) is 6.04 Å². The van der Waals surface area contributed by atoms with Crippen LogP contribution in [0, 0.1) is 0 Å². The SMILES string of the molecule is CCNC(=NCC(c1ccc(Cl)cc1)N1CCOCC1)NCCCOCCOC. The molecule has 1 atom stereocenters. The average molecular weight is 427 g/mol. The number of guanidine groups is 1. The molecule has 1 aromatic rings. The van der Waals surface area contributed by atoms with Crippen LogP contribution in [-0.2, 0) is 14.2 Å². The number of halogens is 1. The topological polar surface area (TPSA) is 67.4 Å². The largest absolute Gasteiger partial charge is 0.382 e. The summed E-state index contributed by atoms with van der Waals surface area (Å²) in [4.78, 5) is 7.29. The molecule has 0 aliphatic carbocycles. The quantitative estimate of drug-likeness (QED) is 0.304. The van der Waals surface area contributed by atoms with E-state index in [1.54, 1.807) is 7.11 Å². The molecule has 1 unspecified atom stereocenters. The molecule has 0 bridgehead atoms. The molecule has 0 radical (unpaired) electrons. The molecule has 29 heavy (non-hydrogen) atoms. The Morgan fingerprint density at radius 2 is 1.93 bits per heavy atom. The minimum absolute atomic E-state index is 0.198. The molecule has 8 heteroatoms. The van der Waals surface area contributed by atoms with Crippen LogP contribution in [0.2, 0.25) is 5.02 Å². The number of hydrogen-bond acceptors (Lipinski definition) is 5. The number of nitrogens with one attached hydrogen (secondary N) is 2. The number of methoxy groups -OCH3 is 1. The molecule has 1 fully saturated rings. The first-order chi connectivity index (χ1) is 14.2. The first-order valence-electron chi connectivity index (χ1n) is 10.4. The zero-order chi connectivity index (χ0) is 20.7. The number of rotatable bonds is 12. The van der Waals surface area contributed by atoms with Crippen LogP contribution < -0.4 is 10.6 Å². The number of ether oxygens (including phenoxy) is 3. The van der Waals surface area contributed by atoms with E-state index in [0.29, 0.717) is 26.4 Å². The monoisotopic (exact) mass is 426 g/mol. The van der Waals surface area contributed by atoms with Gasteiger partial charge in [0.1, 0.15) is 0 Å². The van der Waals surface area contributed by atoms with Crippen LogP contribution in [0.4, 0.5) is 0 Å². The number of hydrogen-bond donors (Lipinski definition) is 2. The predicted octanol–water partition coefficient (Wildman–Crippen LogP) is 2.32. The van der Waals surface area contributed by atoms with Gasteiger partial charge in [0.15, 0.2) is 5.96 Å². The molecule has 2 N–H and O–H groups in total. The molecule has 1 aliphatic rings. The van der Waals surface area contributed by atoms with E-state index in [4.69, 9.17) is 30.8 Å². The van der Waals surface area contributed by atoms with Crippen molar-refractivity contribution in [2.45, 2.75) is 19.4 Å². The second-order valence-corrected chi connectivity index (χ2v) is 7.26. The van der Waals surface area contributed by atoms with Gasteiger partial charge in [-0.1, -0.05) is 23.7 Å². The van der Waals surface area contributed by atoms with Crippen LogP contribution in [0.1, 0.15) is 24.9 Å². The van der Waals surface area contributed by atoms with Crippen molar-refractivity contribution < 1.29 is 14.2 Å². The van der Waals surface area contributed by atoms with Crippen molar-refractivity contribution in [1.82, 2.24) is 15.5 Å². The lowest BCUT2D eigenvalue weighted by Crippen LogP contribution is -2.42. The van der Waals surface area contributed by atoms with E-state index < -0.39 is 0 Å². The zero-order valence-electron chi connectivity index (χ0n) is 17.7. The van der Waals surface area contributed by atoms with Gasteiger partial charge in [-0.15, -0.1) is 0 Å². The second kappa shape index (κ2) is 14.6. The van der Waals surface area contributed by atoms with Gasteiger partial charge < -0.3 is 24.8 Å². The summed E-state index contributed by atoms with van der Waals surface area (Å²) >= 11 is 6.08. The highest BCUT2D eigenvalue weighted by atomic mass is 35.5. The van der Waals surface area contributed by atoms with Gasteiger partial charge in [0, 0.05) is 44.9 Å². The maximum atomic E-state index is 6.08. The molecule has 1 saturated heterocycles. The minimum Gasteiger partial charge on any atom is -0.382 e. The zero-order valence-corrected chi connectivity index (χ0v) is 18.4. The third kappa shape index (κ3) is 9.31. The van der Waals surface area contributed by atoms with Gasteiger partial charge in [-0.3, -0.25) is 9.89 Å². The highest BCUT2D eigenvalue weighted by molar-refractivity contribution is 6.30. The maximum Gasteiger partial charge on any atom is 0.191 e. The summed E-state index contributed by atoms with van der Waals surface area (Å²) in [5.41, 5.74) is 1.22. The molecule has 0 aromatic heterocycles. The normalized spacial score (nSPS) is 16.6. The number of aliphatic imine (C=N–C) groups is 1. The molecule has 0 spiro atoms. The standard InChI is InChI=1S/C21H35ClN4O3/c1-3-23-21(24-9-4-12-28-16-15-27-2)25-17-20(26-10-13-29-14-11-26)18-5-7-19(22)8-6-18/h5-8,20H,3-4,9-17H2,1-2H3,(H2,23,24,25). The molecule has 1 heterocycles. The molecule has 1 aromatic carbocycles. The fourth-order valence-electron chi connectivity index (χ4n) is 3.15. The van der Waals surface area contributed by atoms with E-state index in [2.05, 4.69) is 34.6 Å². The molecular formula is C21H35ClN4O3. The predicted molar refractivity (Wildman–Crippen MR) is 118 cm³/mol. The van der Waals surface area contributed by atoms with Gasteiger partial charge in [-0.25, -0.2) is 0 Å². The lowest BCUT2D eigenvalue weighted by molar-refractivity contribution is 0.0179. The summed E-state index contributed by atoms with van der Waals surface area (Å²) in [7, 11) is 1.68. The van der Waals surface area contributed by atoms with Crippen molar-refractivity contribution in [3.63, 3.8) is 0 Å². The van der Waals surface area contributed by atoms with Gasteiger partial charge in [0.25, 0.3) is 0 Å². The molecule has 1 aliphatic heterocycles. The number of benzene rings is 1. The van der Waals surface area contributed by atoms with Crippen LogP contribution in [0.5, 0.6) is 0 Å². The van der Waals surface area contributed by atoms with Crippen LogP contribution in [0.3, 0.4) is 0 Å². The Kier molecular flexibility index (Phi) is 12.0. The van der Waals surface area contributed by atoms with Crippen molar-refractivity contribution in [3.05, 3.63) is 34.9 Å². The summed E-state index contributed by atoms with van der Waals surface area (Å²) < 4.78 is 16.0. The van der Waals surface area contributed by atoms with Crippen molar-refractivity contribution in [2.75, 3.05) is 72.9 Å². The van der Waals surface area contributed by atoms with E-state index >= 15 is 0 Å². The van der Waals surface area contributed by atoms with Gasteiger partial charge in [0.2, 0.25) is 0 Å². The summed E-state index contributed by atoms with van der Waals surface area (Å²) in [6.07, 6.45) is 0.915. The molecule has 0 saturated carbocycles. The van der Waals surface area contributed by atoms with E-state index in [1.165, 1.54) is 5.56 Å². The smallest absolute Gasteiger partial charge is 0.191 e. The van der Waals surface area contributed by atoms with Crippen LogP contribution in [-0.4, -0.2) is 83.7 Å². The lowest BCUT2D eigenvalue weighted by Gasteiger charge is -2.34. The number of morpholine rings is 1. The van der Waals surface area contributed by atoms with Crippen molar-refractivity contribution in [1.29, 1.82) is 0 Å². The second-order valence-electron chi connectivity index (χ2n) is 6.82. The van der Waals surface area contributed by atoms with Crippen molar-refractivity contribution >= 4 is 17.6 Å². The molecule has 0 amide bonds. The molecule has 164 valence electrons. The third-order valence-electron chi connectivity index (χ3n) is 4.70. The Bertz CT molecular complexity index is 580. The van der Waals surface area contributed by atoms with E-state index in [0.717, 1.165) is 56.8 Å². The summed E-state index contributed by atoms with van der Waals surface area (Å²) in [6, 6.07) is 8.28. The van der Waals surface area contributed by atoms with Gasteiger partial charge in [0.05, 0.1) is 39.0 Å². The van der Waals surface area contributed by atoms with E-state index in [1.807, 2.05) is 12.1 Å². The van der Waals surface area contributed by atoms with Gasteiger partial charge >= 0.3 is 0 Å². The Labute approximate surface area is 179 Å². The fraction of sp³-hybridized carbons (Fsp3) is 0.667. The Balaban J connectivity index is 1.92. The molecular weight excluding hydrogens is 392 g/mol. The molecule has 2 rings (SSSR count). The Morgan fingerprint density at radius 3 is 2.62 bits per heavy atom. The Hall–Kier alpha value is -1.38.